The van der Waals surface area contributed by atoms with Crippen LogP contribution in [0.5, 0.6) is 0 Å². The highest BCUT2D eigenvalue weighted by atomic mass is 32.2. The average molecular weight is 334 g/mol. The molecule has 1 fully saturated rings. The zero-order chi connectivity index (χ0) is 16.2. The molecule has 0 unspecified atom stereocenters. The van der Waals surface area contributed by atoms with Gasteiger partial charge in [-0.3, -0.25) is 4.21 Å². The second-order valence-corrected chi connectivity index (χ2v) is 7.49. The Balaban J connectivity index is 1.75. The van der Waals surface area contributed by atoms with Crippen LogP contribution in [0.1, 0.15) is 36.2 Å². The Morgan fingerprint density at radius 3 is 2.78 bits per heavy atom. The molecule has 124 valence electrons. The van der Waals surface area contributed by atoms with E-state index >= 15 is 0 Å². The Morgan fingerprint density at radius 2 is 2.09 bits per heavy atom. The van der Waals surface area contributed by atoms with Crippen LogP contribution in [0.25, 0.3) is 5.69 Å². The maximum atomic E-state index is 12.5. The molecule has 0 bridgehead atoms. The lowest BCUT2D eigenvalue weighted by Crippen LogP contribution is -2.26. The van der Waals surface area contributed by atoms with Crippen LogP contribution in [0, 0.1) is 13.8 Å². The summed E-state index contributed by atoms with van der Waals surface area (Å²) in [5, 5.41) is 12.0. The van der Waals surface area contributed by atoms with Crippen molar-refractivity contribution < 1.29 is 8.95 Å². The second-order valence-electron chi connectivity index (χ2n) is 5.99. The Morgan fingerprint density at radius 1 is 1.30 bits per heavy atom. The van der Waals surface area contributed by atoms with Gasteiger partial charge < -0.3 is 4.74 Å². The monoisotopic (exact) mass is 334 g/mol. The molecular formula is C16H22N4O2S. The number of hydrogen-bond donors (Lipinski definition) is 0. The molecule has 0 amide bonds. The summed E-state index contributed by atoms with van der Waals surface area (Å²) in [7, 11) is -1.03. The quantitative estimate of drug-likeness (QED) is 0.837. The van der Waals surface area contributed by atoms with Gasteiger partial charge in [0.2, 0.25) is 0 Å². The molecule has 1 aliphatic rings. The number of hydrogen-bond acceptors (Lipinski definition) is 5. The first-order chi connectivity index (χ1) is 11.1. The van der Waals surface area contributed by atoms with Crippen molar-refractivity contribution in [3.8, 4) is 5.69 Å². The van der Waals surface area contributed by atoms with E-state index in [1.165, 1.54) is 0 Å². The maximum Gasteiger partial charge on any atom is 0.169 e. The maximum absolute atomic E-state index is 12.5. The molecule has 1 aromatic carbocycles. The molecule has 2 aromatic rings. The Hall–Kier alpha value is -1.60. The van der Waals surface area contributed by atoms with Crippen molar-refractivity contribution in [3.63, 3.8) is 0 Å². The topological polar surface area (TPSA) is 69.9 Å². The predicted octanol–water partition coefficient (Wildman–Crippen LogP) is 2.10. The van der Waals surface area contributed by atoms with Crippen molar-refractivity contribution >= 4 is 10.8 Å². The number of benzene rings is 1. The molecular weight excluding hydrogens is 312 g/mol. The normalized spacial score (nSPS) is 19.7. The molecule has 7 heteroatoms. The number of para-hydroxylation sites is 1. The Bertz CT molecular complexity index is 675. The van der Waals surface area contributed by atoms with E-state index in [1.54, 1.807) is 4.68 Å². The predicted molar refractivity (Wildman–Crippen MR) is 88.9 cm³/mol. The summed E-state index contributed by atoms with van der Waals surface area (Å²) in [4.78, 5) is 0. The molecule has 6 nitrogen and oxygen atoms in total. The van der Waals surface area contributed by atoms with Gasteiger partial charge in [-0.15, -0.1) is 5.10 Å². The van der Waals surface area contributed by atoms with Gasteiger partial charge in [-0.1, -0.05) is 18.2 Å². The van der Waals surface area contributed by atoms with Gasteiger partial charge in [0.15, 0.2) is 5.82 Å². The van der Waals surface area contributed by atoms with E-state index in [-0.39, 0.29) is 6.10 Å². The van der Waals surface area contributed by atoms with Crippen LogP contribution < -0.4 is 0 Å². The first-order valence-electron chi connectivity index (χ1n) is 7.95. The van der Waals surface area contributed by atoms with Gasteiger partial charge in [-0.2, -0.15) is 4.68 Å². The largest absolute Gasteiger partial charge is 0.377 e. The molecule has 23 heavy (non-hydrogen) atoms. The standard InChI is InChI=1S/C16H22N4O2S/c1-12-6-5-7-13(2)16(12)20-15(17-18-19-20)11-23(21)10-14-8-3-4-9-22-14/h5-7,14H,3-4,8-11H2,1-2H3/t14-,23+/m0/s1. The van der Waals surface area contributed by atoms with E-state index in [2.05, 4.69) is 15.5 Å². The highest BCUT2D eigenvalue weighted by molar-refractivity contribution is 7.84. The first kappa shape index (κ1) is 16.3. The molecule has 1 aromatic heterocycles. The molecule has 0 saturated carbocycles. The lowest BCUT2D eigenvalue weighted by molar-refractivity contribution is 0.0310. The number of rotatable bonds is 5. The van der Waals surface area contributed by atoms with Gasteiger partial charge >= 0.3 is 0 Å². The Kier molecular flexibility index (Phi) is 5.17. The van der Waals surface area contributed by atoms with Crippen LogP contribution in [0.4, 0.5) is 0 Å². The van der Waals surface area contributed by atoms with Crippen molar-refractivity contribution in [3.05, 3.63) is 35.2 Å². The van der Waals surface area contributed by atoms with Crippen molar-refractivity contribution in [2.75, 3.05) is 12.4 Å². The highest BCUT2D eigenvalue weighted by Crippen LogP contribution is 2.20. The summed E-state index contributed by atoms with van der Waals surface area (Å²) in [6.07, 6.45) is 3.36. The van der Waals surface area contributed by atoms with E-state index in [0.29, 0.717) is 17.3 Å². The summed E-state index contributed by atoms with van der Waals surface area (Å²) in [6, 6.07) is 6.07. The van der Waals surface area contributed by atoms with Crippen LogP contribution in [0.15, 0.2) is 18.2 Å². The van der Waals surface area contributed by atoms with Gasteiger partial charge in [0.1, 0.15) is 0 Å². The molecule has 0 N–H and O–H groups in total. The SMILES string of the molecule is Cc1cccc(C)c1-n1nnnc1C[S@](=O)C[C@@H]1CCCCO1. The van der Waals surface area contributed by atoms with Crippen molar-refractivity contribution in [1.82, 2.24) is 20.2 Å². The van der Waals surface area contributed by atoms with Crippen molar-refractivity contribution in [1.29, 1.82) is 0 Å². The summed E-state index contributed by atoms with van der Waals surface area (Å²) in [6.45, 7) is 4.84. The fourth-order valence-corrected chi connectivity index (χ4v) is 4.22. The van der Waals surface area contributed by atoms with Crippen LogP contribution in [0.3, 0.4) is 0 Å². The van der Waals surface area contributed by atoms with Crippen molar-refractivity contribution in [2.24, 2.45) is 0 Å². The lowest BCUT2D eigenvalue weighted by atomic mass is 10.1. The minimum Gasteiger partial charge on any atom is -0.377 e. The number of aromatic nitrogens is 4. The van der Waals surface area contributed by atoms with Gasteiger partial charge in [-0.05, 0) is 54.7 Å². The number of aryl methyl sites for hydroxylation is 2. The van der Waals surface area contributed by atoms with Crippen LogP contribution >= 0.6 is 0 Å². The smallest absolute Gasteiger partial charge is 0.169 e. The van der Waals surface area contributed by atoms with E-state index in [9.17, 15) is 4.21 Å². The molecule has 2 heterocycles. The zero-order valence-electron chi connectivity index (χ0n) is 13.6. The third-order valence-corrected chi connectivity index (χ3v) is 5.44. The number of tetrazole rings is 1. The molecule has 0 aliphatic carbocycles. The molecule has 0 spiro atoms. The molecule has 3 rings (SSSR count). The van der Waals surface area contributed by atoms with E-state index in [0.717, 1.165) is 42.7 Å². The Labute approximate surface area is 138 Å². The van der Waals surface area contributed by atoms with E-state index < -0.39 is 10.8 Å². The first-order valence-corrected chi connectivity index (χ1v) is 9.44. The van der Waals surface area contributed by atoms with Crippen LogP contribution in [-0.4, -0.2) is 42.9 Å². The lowest BCUT2D eigenvalue weighted by Gasteiger charge is -2.21. The van der Waals surface area contributed by atoms with Gasteiger partial charge in [-0.25, -0.2) is 0 Å². The van der Waals surface area contributed by atoms with Crippen LogP contribution in [0.2, 0.25) is 0 Å². The summed E-state index contributed by atoms with van der Waals surface area (Å²) in [5.41, 5.74) is 3.17. The van der Waals surface area contributed by atoms with Crippen molar-refractivity contribution in [2.45, 2.75) is 45.0 Å². The summed E-state index contributed by atoms with van der Waals surface area (Å²) < 4.78 is 19.8. The van der Waals surface area contributed by atoms with Gasteiger partial charge in [0, 0.05) is 17.4 Å². The van der Waals surface area contributed by atoms with Gasteiger partial charge in [0.05, 0.1) is 23.3 Å². The summed E-state index contributed by atoms with van der Waals surface area (Å²) in [5.74, 6) is 1.54. The average Bonchev–Trinajstić information content (AvgIpc) is 2.96. The highest BCUT2D eigenvalue weighted by Gasteiger charge is 2.20. The fourth-order valence-electron chi connectivity index (χ4n) is 2.96. The van der Waals surface area contributed by atoms with Crippen LogP contribution in [-0.2, 0) is 21.3 Å². The fraction of sp³-hybridized carbons (Fsp3) is 0.562. The van der Waals surface area contributed by atoms with Gasteiger partial charge in [0.25, 0.3) is 0 Å². The number of ether oxygens (including phenoxy) is 1. The molecule has 0 radical (unpaired) electrons. The minimum absolute atomic E-state index is 0.106. The molecule has 1 saturated heterocycles. The zero-order valence-corrected chi connectivity index (χ0v) is 14.4. The molecule has 1 aliphatic heterocycles. The van der Waals surface area contributed by atoms with E-state index in [4.69, 9.17) is 4.74 Å². The summed E-state index contributed by atoms with van der Waals surface area (Å²) >= 11 is 0. The number of nitrogens with zero attached hydrogens (tertiary/aromatic N) is 4. The minimum atomic E-state index is -1.03. The van der Waals surface area contributed by atoms with E-state index in [1.807, 2.05) is 32.0 Å². The third-order valence-electron chi connectivity index (χ3n) is 4.12. The second kappa shape index (κ2) is 7.31. The third kappa shape index (κ3) is 3.84. The molecule has 2 atom stereocenters.